The summed E-state index contributed by atoms with van der Waals surface area (Å²) in [6.45, 7) is 15.4. The molecule has 1 aromatic heterocycles. The van der Waals surface area contributed by atoms with E-state index in [9.17, 15) is 0 Å². The molecule has 0 radical (unpaired) electrons. The highest BCUT2D eigenvalue weighted by molar-refractivity contribution is 5.92. The predicted octanol–water partition coefficient (Wildman–Crippen LogP) is 8.34. The molecule has 3 nitrogen and oxygen atoms in total. The van der Waals surface area contributed by atoms with E-state index < -0.39 is 0 Å². The average Bonchev–Trinajstić information content (AvgIpc) is 2.70. The second-order valence-corrected chi connectivity index (χ2v) is 10.1. The lowest BCUT2D eigenvalue weighted by Gasteiger charge is -2.35. The van der Waals surface area contributed by atoms with Crippen LogP contribution in [0, 0.1) is 27.7 Å². The molecule has 4 aromatic rings. The Kier molecular flexibility index (Phi) is 4.56. The first kappa shape index (κ1) is 20.6. The molecule has 0 atom stereocenters. The lowest BCUT2D eigenvalue weighted by molar-refractivity contribution is 0.474. The van der Waals surface area contributed by atoms with Gasteiger partial charge in [-0.05, 0) is 85.2 Å². The predicted molar refractivity (Wildman–Crippen MR) is 134 cm³/mol. The molecule has 0 aliphatic carbocycles. The van der Waals surface area contributed by atoms with Crippen LogP contribution >= 0.6 is 0 Å². The summed E-state index contributed by atoms with van der Waals surface area (Å²) in [5, 5.41) is 1.09. The van der Waals surface area contributed by atoms with E-state index >= 15 is 0 Å². The van der Waals surface area contributed by atoms with Crippen molar-refractivity contribution in [1.29, 1.82) is 0 Å². The summed E-state index contributed by atoms with van der Waals surface area (Å²) in [4.78, 5) is 7.39. The number of hydrogen-bond acceptors (Lipinski definition) is 3. The Morgan fingerprint density at radius 1 is 0.750 bits per heavy atom. The number of hydrogen-bond donors (Lipinski definition) is 0. The molecule has 0 N–H and O–H groups in total. The van der Waals surface area contributed by atoms with Crippen molar-refractivity contribution in [2.45, 2.75) is 53.9 Å². The van der Waals surface area contributed by atoms with E-state index in [4.69, 9.17) is 9.72 Å². The minimum Gasteiger partial charge on any atom is -0.451 e. The Hall–Kier alpha value is -3.33. The first-order valence-electron chi connectivity index (χ1n) is 11.2. The van der Waals surface area contributed by atoms with Crippen molar-refractivity contribution in [3.8, 4) is 11.5 Å². The van der Waals surface area contributed by atoms with Crippen molar-refractivity contribution < 1.29 is 4.74 Å². The van der Waals surface area contributed by atoms with Gasteiger partial charge in [-0.15, -0.1) is 0 Å². The Morgan fingerprint density at radius 3 is 2.09 bits per heavy atom. The first-order chi connectivity index (χ1) is 15.1. The Bertz CT molecular complexity index is 1360. The van der Waals surface area contributed by atoms with Gasteiger partial charge in [0.1, 0.15) is 0 Å². The van der Waals surface area contributed by atoms with Crippen molar-refractivity contribution in [1.82, 2.24) is 4.98 Å². The molecule has 0 saturated carbocycles. The standard InChI is InChI=1S/C29H30N2O/c1-17-8-10-21-16-26-28(30-23(21)12-17)31(24-11-9-18(2)13-25(24)32-26)27-19(3)14-22(15-20(27)4)29(5,6)7/h8-16H,1-7H3. The van der Waals surface area contributed by atoms with Crippen LogP contribution in [0.15, 0.2) is 54.6 Å². The number of fused-ring (bicyclic) bond motifs is 3. The number of anilines is 3. The minimum absolute atomic E-state index is 0.0952. The van der Waals surface area contributed by atoms with Gasteiger partial charge in [0.05, 0.1) is 16.9 Å². The highest BCUT2D eigenvalue weighted by atomic mass is 16.5. The zero-order valence-electron chi connectivity index (χ0n) is 20.0. The van der Waals surface area contributed by atoms with E-state index in [0.29, 0.717) is 0 Å². The maximum absolute atomic E-state index is 6.40. The average molecular weight is 423 g/mol. The molecule has 3 heteroatoms. The normalized spacial score (nSPS) is 13.0. The van der Waals surface area contributed by atoms with E-state index in [1.165, 1.54) is 33.5 Å². The molecule has 0 spiro atoms. The molecule has 3 aromatic carbocycles. The van der Waals surface area contributed by atoms with Crippen LogP contribution in [-0.4, -0.2) is 4.98 Å². The molecular formula is C29H30N2O. The second kappa shape index (κ2) is 7.09. The van der Waals surface area contributed by atoms with Gasteiger partial charge < -0.3 is 4.74 Å². The van der Waals surface area contributed by atoms with Crippen LogP contribution < -0.4 is 9.64 Å². The third-order valence-corrected chi connectivity index (χ3v) is 6.29. The Labute approximate surface area is 190 Å². The summed E-state index contributed by atoms with van der Waals surface area (Å²) in [6, 6.07) is 19.5. The van der Waals surface area contributed by atoms with Crippen LogP contribution in [-0.2, 0) is 5.41 Å². The molecule has 2 heterocycles. The molecule has 0 unspecified atom stereocenters. The number of pyridine rings is 1. The van der Waals surface area contributed by atoms with E-state index in [-0.39, 0.29) is 5.41 Å². The molecule has 32 heavy (non-hydrogen) atoms. The van der Waals surface area contributed by atoms with Crippen molar-refractivity contribution in [3.63, 3.8) is 0 Å². The maximum Gasteiger partial charge on any atom is 0.181 e. The number of benzene rings is 3. The summed E-state index contributed by atoms with van der Waals surface area (Å²) >= 11 is 0. The molecule has 1 aliphatic rings. The van der Waals surface area contributed by atoms with Gasteiger partial charge >= 0.3 is 0 Å². The van der Waals surface area contributed by atoms with Crippen LogP contribution in [0.25, 0.3) is 10.9 Å². The van der Waals surface area contributed by atoms with Crippen LogP contribution in [0.3, 0.4) is 0 Å². The molecule has 162 valence electrons. The summed E-state index contributed by atoms with van der Waals surface area (Å²) in [6.07, 6.45) is 0. The number of nitrogens with zero attached hydrogens (tertiary/aromatic N) is 2. The maximum atomic E-state index is 6.40. The largest absolute Gasteiger partial charge is 0.451 e. The van der Waals surface area contributed by atoms with Crippen molar-refractivity contribution in [2.75, 3.05) is 4.90 Å². The van der Waals surface area contributed by atoms with Gasteiger partial charge in [0.25, 0.3) is 0 Å². The number of aryl methyl sites for hydroxylation is 4. The third kappa shape index (κ3) is 3.33. The first-order valence-corrected chi connectivity index (χ1v) is 11.2. The SMILES string of the molecule is Cc1ccc2c(c1)Oc1cc3ccc(C)cc3nc1N2c1c(C)cc(C(C)(C)C)cc1C. The quantitative estimate of drug-likeness (QED) is 0.271. The molecule has 0 amide bonds. The smallest absolute Gasteiger partial charge is 0.181 e. The van der Waals surface area contributed by atoms with Gasteiger partial charge in [-0.25, -0.2) is 4.98 Å². The van der Waals surface area contributed by atoms with Gasteiger partial charge in [0, 0.05) is 5.39 Å². The number of rotatable bonds is 1. The summed E-state index contributed by atoms with van der Waals surface area (Å²) in [5.41, 5.74) is 9.47. The van der Waals surface area contributed by atoms with Gasteiger partial charge in [-0.2, -0.15) is 0 Å². The third-order valence-electron chi connectivity index (χ3n) is 6.29. The fourth-order valence-corrected chi connectivity index (χ4v) is 4.57. The Morgan fingerprint density at radius 2 is 1.41 bits per heavy atom. The monoisotopic (exact) mass is 422 g/mol. The number of ether oxygens (including phenoxy) is 1. The van der Waals surface area contributed by atoms with Gasteiger partial charge in [0.15, 0.2) is 17.3 Å². The molecule has 1 aliphatic heterocycles. The van der Waals surface area contributed by atoms with Crippen molar-refractivity contribution in [2.24, 2.45) is 0 Å². The molecule has 0 fully saturated rings. The van der Waals surface area contributed by atoms with Gasteiger partial charge in [-0.3, -0.25) is 4.90 Å². The zero-order chi connectivity index (χ0) is 22.8. The van der Waals surface area contributed by atoms with Crippen LogP contribution in [0.4, 0.5) is 17.2 Å². The van der Waals surface area contributed by atoms with E-state index in [0.717, 1.165) is 33.9 Å². The topological polar surface area (TPSA) is 25.4 Å². The van der Waals surface area contributed by atoms with E-state index in [1.54, 1.807) is 0 Å². The van der Waals surface area contributed by atoms with Gasteiger partial charge in [0.2, 0.25) is 0 Å². The lowest BCUT2D eigenvalue weighted by Crippen LogP contribution is -2.20. The molecule has 0 bridgehead atoms. The fraction of sp³-hybridized carbons (Fsp3) is 0.276. The van der Waals surface area contributed by atoms with Gasteiger partial charge in [-0.1, -0.05) is 51.1 Å². The van der Waals surface area contributed by atoms with E-state index in [2.05, 4.69) is 108 Å². The molecular weight excluding hydrogens is 392 g/mol. The number of aromatic nitrogens is 1. The van der Waals surface area contributed by atoms with Crippen LogP contribution in [0.1, 0.15) is 48.6 Å². The Balaban J connectivity index is 1.81. The molecule has 0 saturated heterocycles. The van der Waals surface area contributed by atoms with E-state index in [1.807, 2.05) is 0 Å². The van der Waals surface area contributed by atoms with Crippen LogP contribution in [0.2, 0.25) is 0 Å². The highest BCUT2D eigenvalue weighted by Gasteiger charge is 2.30. The molecule has 5 rings (SSSR count). The van der Waals surface area contributed by atoms with Crippen LogP contribution in [0.5, 0.6) is 11.5 Å². The fourth-order valence-electron chi connectivity index (χ4n) is 4.57. The summed E-state index contributed by atoms with van der Waals surface area (Å²) in [7, 11) is 0. The summed E-state index contributed by atoms with van der Waals surface area (Å²) < 4.78 is 6.40. The van der Waals surface area contributed by atoms with Crippen molar-refractivity contribution in [3.05, 3.63) is 82.4 Å². The lowest BCUT2D eigenvalue weighted by atomic mass is 9.84. The second-order valence-electron chi connectivity index (χ2n) is 10.1. The highest BCUT2D eigenvalue weighted by Crippen LogP contribution is 2.52. The minimum atomic E-state index is 0.0952. The summed E-state index contributed by atoms with van der Waals surface area (Å²) in [5.74, 6) is 2.50. The zero-order valence-corrected chi connectivity index (χ0v) is 20.0. The van der Waals surface area contributed by atoms with Crippen molar-refractivity contribution >= 4 is 28.1 Å².